The van der Waals surface area contributed by atoms with E-state index in [0.717, 1.165) is 32.7 Å². The van der Waals surface area contributed by atoms with Crippen LogP contribution in [0, 0.1) is 46.5 Å². The smallest absolute Gasteiger partial charge is 0.235 e. The number of benzene rings is 2. The topological polar surface area (TPSA) is 95.5 Å². The van der Waals surface area contributed by atoms with Gasteiger partial charge in [-0.25, -0.2) is 0 Å². The number of carbonyl (C=O) groups excluding carboxylic acids is 3. The number of hydrogen-bond acceptors (Lipinski definition) is 5. The fourth-order valence-corrected chi connectivity index (χ4v) is 6.40. The Morgan fingerprint density at radius 2 is 1.41 bits per heavy atom. The zero-order chi connectivity index (χ0) is 27.1. The van der Waals surface area contributed by atoms with Crippen LogP contribution >= 0.6 is 11.3 Å². The lowest BCUT2D eigenvalue weighted by atomic mass is 9.62. The first-order valence-corrected chi connectivity index (χ1v) is 13.3. The van der Waals surface area contributed by atoms with Crippen molar-refractivity contribution < 1.29 is 19.5 Å². The number of thiophene rings is 1. The van der Waals surface area contributed by atoms with E-state index in [9.17, 15) is 19.5 Å². The summed E-state index contributed by atoms with van der Waals surface area (Å²) in [5.41, 5.74) is 4.27. The van der Waals surface area contributed by atoms with E-state index in [1.54, 1.807) is 0 Å². The highest BCUT2D eigenvalue weighted by molar-refractivity contribution is 7.10. The third-order valence-corrected chi connectivity index (χ3v) is 8.46. The van der Waals surface area contributed by atoms with Crippen molar-refractivity contribution in [2.24, 2.45) is 11.8 Å². The van der Waals surface area contributed by atoms with Crippen LogP contribution in [0.3, 0.4) is 0 Å². The lowest BCUT2D eigenvalue weighted by Gasteiger charge is -2.44. The number of rotatable bonds is 5. The van der Waals surface area contributed by atoms with Gasteiger partial charge in [0.1, 0.15) is 11.7 Å². The molecule has 194 valence electrons. The summed E-state index contributed by atoms with van der Waals surface area (Å²) >= 11 is 1.40. The Bertz CT molecular complexity index is 1370. The zero-order valence-electron chi connectivity index (χ0n) is 22.1. The maximum absolute atomic E-state index is 13.9. The highest BCUT2D eigenvalue weighted by Gasteiger charge is 2.56. The highest BCUT2D eigenvalue weighted by Crippen LogP contribution is 2.49. The van der Waals surface area contributed by atoms with Gasteiger partial charge in [-0.05, 0) is 92.9 Å². The average Bonchev–Trinajstić information content (AvgIpc) is 3.22. The van der Waals surface area contributed by atoms with Crippen molar-refractivity contribution in [3.63, 3.8) is 0 Å². The summed E-state index contributed by atoms with van der Waals surface area (Å²) in [5.74, 6) is -4.19. The summed E-state index contributed by atoms with van der Waals surface area (Å²) < 4.78 is 0. The minimum atomic E-state index is -1.63. The highest BCUT2D eigenvalue weighted by atomic mass is 32.1. The van der Waals surface area contributed by atoms with Crippen molar-refractivity contribution in [2.75, 3.05) is 10.6 Å². The maximum atomic E-state index is 13.9. The van der Waals surface area contributed by atoms with E-state index >= 15 is 0 Å². The summed E-state index contributed by atoms with van der Waals surface area (Å²) in [6, 6.07) is 13.4. The Morgan fingerprint density at radius 1 is 0.865 bits per heavy atom. The number of anilines is 2. The number of aliphatic hydroxyl groups is 1. The van der Waals surface area contributed by atoms with Gasteiger partial charge in [-0.1, -0.05) is 24.3 Å². The number of amides is 2. The predicted octanol–water partition coefficient (Wildman–Crippen LogP) is 5.61. The fraction of sp³-hybridized carbons (Fsp3) is 0.367. The van der Waals surface area contributed by atoms with Gasteiger partial charge in [0.2, 0.25) is 11.8 Å². The third-order valence-electron chi connectivity index (χ3n) is 7.34. The Kier molecular flexibility index (Phi) is 7.40. The number of ketones is 1. The lowest BCUT2D eigenvalue weighted by molar-refractivity contribution is -0.150. The molecule has 1 aromatic heterocycles. The summed E-state index contributed by atoms with van der Waals surface area (Å²) in [7, 11) is 0. The number of nitrogens with one attached hydrogen (secondary N) is 2. The van der Waals surface area contributed by atoms with E-state index in [0.29, 0.717) is 11.4 Å². The molecule has 0 radical (unpaired) electrons. The van der Waals surface area contributed by atoms with Crippen LogP contribution < -0.4 is 10.6 Å². The maximum Gasteiger partial charge on any atom is 0.235 e. The van der Waals surface area contributed by atoms with Gasteiger partial charge >= 0.3 is 0 Å². The van der Waals surface area contributed by atoms with Crippen molar-refractivity contribution in [2.45, 2.75) is 59.5 Å². The zero-order valence-corrected chi connectivity index (χ0v) is 23.0. The molecule has 37 heavy (non-hydrogen) atoms. The van der Waals surface area contributed by atoms with Crippen molar-refractivity contribution in [1.29, 1.82) is 0 Å². The van der Waals surface area contributed by atoms with E-state index < -0.39 is 35.2 Å². The number of carbonyl (C=O) groups is 3. The van der Waals surface area contributed by atoms with Crippen LogP contribution in [0.5, 0.6) is 0 Å². The third kappa shape index (κ3) is 5.38. The van der Waals surface area contributed by atoms with Crippen LogP contribution in [-0.4, -0.2) is 28.3 Å². The molecule has 4 unspecified atom stereocenters. The molecule has 7 heteroatoms. The molecule has 0 spiro atoms. The van der Waals surface area contributed by atoms with Gasteiger partial charge < -0.3 is 15.7 Å². The standard InChI is InChI=1S/C30H34N2O4S/c1-16-7-9-18(3)21(13-16)31-28(34)24-23(33)15-30(6,36)26(25(24)27-20(5)11-12-37-27)29(35)32-22-14-17(2)8-10-19(22)4/h7-14,24-26,36H,15H2,1-6H3,(H,31,34)(H,32,35). The molecule has 0 bridgehead atoms. The molecular weight excluding hydrogens is 484 g/mol. The quantitative estimate of drug-likeness (QED) is 0.383. The van der Waals surface area contributed by atoms with E-state index in [2.05, 4.69) is 10.6 Å². The SMILES string of the molecule is Cc1ccc(C)c(NC(=O)C2C(=O)CC(C)(O)C(C(=O)Nc3cc(C)ccc3C)C2c2sccc2C)c1. The molecule has 1 heterocycles. The van der Waals surface area contributed by atoms with Crippen molar-refractivity contribution in [3.05, 3.63) is 80.5 Å². The van der Waals surface area contributed by atoms with Crippen LogP contribution in [-0.2, 0) is 14.4 Å². The average molecular weight is 519 g/mol. The molecule has 2 aromatic carbocycles. The summed E-state index contributed by atoms with van der Waals surface area (Å²) in [6.07, 6.45) is -0.288. The fourth-order valence-electron chi connectivity index (χ4n) is 5.30. The van der Waals surface area contributed by atoms with Crippen molar-refractivity contribution in [1.82, 2.24) is 0 Å². The first-order valence-electron chi connectivity index (χ1n) is 12.4. The first-order chi connectivity index (χ1) is 17.4. The van der Waals surface area contributed by atoms with Crippen LogP contribution in [0.15, 0.2) is 47.8 Å². The number of hydrogen-bond donors (Lipinski definition) is 3. The van der Waals surface area contributed by atoms with Gasteiger partial charge in [0.15, 0.2) is 0 Å². The second kappa shape index (κ2) is 10.2. The molecule has 1 saturated carbocycles. The molecule has 4 rings (SSSR count). The molecule has 3 N–H and O–H groups in total. The van der Waals surface area contributed by atoms with Crippen LogP contribution in [0.4, 0.5) is 11.4 Å². The number of aryl methyl sites for hydroxylation is 5. The molecule has 4 atom stereocenters. The number of Topliss-reactive ketones (excluding diaryl/α,β-unsaturated/α-hetero) is 1. The van der Waals surface area contributed by atoms with Crippen molar-refractivity contribution >= 4 is 40.3 Å². The molecule has 3 aromatic rings. The molecule has 0 aliphatic heterocycles. The predicted molar refractivity (Wildman–Crippen MR) is 148 cm³/mol. The summed E-state index contributed by atoms with van der Waals surface area (Å²) in [4.78, 5) is 41.9. The molecule has 1 fully saturated rings. The van der Waals surface area contributed by atoms with E-state index in [1.165, 1.54) is 18.3 Å². The lowest BCUT2D eigenvalue weighted by Crippen LogP contribution is -2.56. The normalized spacial score (nSPS) is 23.5. The van der Waals surface area contributed by atoms with E-state index in [1.807, 2.05) is 82.5 Å². The monoisotopic (exact) mass is 518 g/mol. The van der Waals surface area contributed by atoms with E-state index in [4.69, 9.17) is 0 Å². The van der Waals surface area contributed by atoms with Gasteiger partial charge in [0, 0.05) is 28.6 Å². The molecule has 1 aliphatic carbocycles. The van der Waals surface area contributed by atoms with Gasteiger partial charge in [-0.15, -0.1) is 11.3 Å². The van der Waals surface area contributed by atoms with Gasteiger partial charge in [0.25, 0.3) is 0 Å². The Morgan fingerprint density at radius 3 is 1.92 bits per heavy atom. The Labute approximate surface area is 222 Å². The Hall–Kier alpha value is -3.29. The van der Waals surface area contributed by atoms with Crippen LogP contribution in [0.2, 0.25) is 0 Å². The molecule has 6 nitrogen and oxygen atoms in total. The summed E-state index contributed by atoms with van der Waals surface area (Å²) in [5, 5.41) is 19.3. The van der Waals surface area contributed by atoms with Crippen LogP contribution in [0.25, 0.3) is 0 Å². The molecule has 1 aliphatic rings. The van der Waals surface area contributed by atoms with Gasteiger partial charge in [0.05, 0.1) is 11.5 Å². The molecule has 2 amide bonds. The summed E-state index contributed by atoms with van der Waals surface area (Å²) in [6.45, 7) is 11.1. The minimum absolute atomic E-state index is 0.288. The van der Waals surface area contributed by atoms with Crippen LogP contribution in [0.1, 0.15) is 52.0 Å². The molecular formula is C30H34N2O4S. The minimum Gasteiger partial charge on any atom is -0.389 e. The second-order valence-electron chi connectivity index (χ2n) is 10.6. The second-order valence-corrected chi connectivity index (χ2v) is 11.5. The van der Waals surface area contributed by atoms with Crippen molar-refractivity contribution in [3.8, 4) is 0 Å². The first kappa shape index (κ1) is 26.8. The van der Waals surface area contributed by atoms with Gasteiger partial charge in [-0.2, -0.15) is 0 Å². The Balaban J connectivity index is 1.78. The molecule has 0 saturated heterocycles. The van der Waals surface area contributed by atoms with Gasteiger partial charge in [-0.3, -0.25) is 14.4 Å². The largest absolute Gasteiger partial charge is 0.389 e. The van der Waals surface area contributed by atoms with E-state index in [-0.39, 0.29) is 12.2 Å².